The number of anilines is 1. The molecule has 1 atom stereocenters. The molecular formula is C15H14N4O2. The van der Waals surface area contributed by atoms with Crippen LogP contribution in [0, 0.1) is 18.3 Å². The highest BCUT2D eigenvalue weighted by Crippen LogP contribution is 2.17. The lowest BCUT2D eigenvalue weighted by atomic mass is 10.00. The van der Waals surface area contributed by atoms with E-state index >= 15 is 0 Å². The van der Waals surface area contributed by atoms with Gasteiger partial charge in [-0.15, -0.1) is 0 Å². The van der Waals surface area contributed by atoms with Crippen LogP contribution in [0.2, 0.25) is 0 Å². The number of ether oxygens (including phenoxy) is 1. The van der Waals surface area contributed by atoms with Crippen molar-refractivity contribution in [2.45, 2.75) is 12.8 Å². The third kappa shape index (κ3) is 3.54. The van der Waals surface area contributed by atoms with E-state index in [1.54, 1.807) is 37.3 Å². The van der Waals surface area contributed by atoms with Gasteiger partial charge < -0.3 is 4.74 Å². The van der Waals surface area contributed by atoms with Gasteiger partial charge in [0.2, 0.25) is 17.7 Å². The number of aromatic nitrogens is 2. The summed E-state index contributed by atoms with van der Waals surface area (Å²) in [5, 5.41) is 11.8. The fourth-order valence-electron chi connectivity index (χ4n) is 1.81. The normalized spacial score (nSPS) is 11.3. The summed E-state index contributed by atoms with van der Waals surface area (Å²) in [5.74, 6) is -0.920. The van der Waals surface area contributed by atoms with E-state index in [2.05, 4.69) is 15.3 Å². The van der Waals surface area contributed by atoms with Gasteiger partial charge in [0, 0.05) is 11.8 Å². The van der Waals surface area contributed by atoms with Gasteiger partial charge in [0.1, 0.15) is 0 Å². The fraction of sp³-hybridized carbons (Fsp3) is 0.200. The molecule has 0 spiro atoms. The van der Waals surface area contributed by atoms with E-state index in [-0.39, 0.29) is 5.95 Å². The summed E-state index contributed by atoms with van der Waals surface area (Å²) in [5.41, 5.74) is 1.28. The van der Waals surface area contributed by atoms with E-state index < -0.39 is 11.8 Å². The molecule has 1 aromatic heterocycles. The van der Waals surface area contributed by atoms with E-state index in [9.17, 15) is 10.1 Å². The molecule has 1 amide bonds. The second-order valence-electron chi connectivity index (χ2n) is 4.34. The summed E-state index contributed by atoms with van der Waals surface area (Å²) in [6.07, 6.45) is 0. The molecule has 0 fully saturated rings. The molecule has 2 rings (SSSR count). The van der Waals surface area contributed by atoms with Crippen molar-refractivity contribution in [3.8, 4) is 11.9 Å². The molecule has 0 bridgehead atoms. The van der Waals surface area contributed by atoms with Crippen LogP contribution in [-0.4, -0.2) is 23.0 Å². The van der Waals surface area contributed by atoms with Crippen molar-refractivity contribution in [2.75, 3.05) is 12.4 Å². The molecule has 0 saturated heterocycles. The molecule has 1 N–H and O–H groups in total. The molecule has 2 aromatic rings. The number of carbonyl (C=O) groups excluding carboxylic acids is 1. The highest BCUT2D eigenvalue weighted by atomic mass is 16.5. The third-order valence-corrected chi connectivity index (χ3v) is 2.80. The summed E-state index contributed by atoms with van der Waals surface area (Å²) >= 11 is 0. The quantitative estimate of drug-likeness (QED) is 0.927. The largest absolute Gasteiger partial charge is 0.481 e. The van der Waals surface area contributed by atoms with Crippen molar-refractivity contribution in [3.63, 3.8) is 0 Å². The molecule has 0 aliphatic carbocycles. The lowest BCUT2D eigenvalue weighted by molar-refractivity contribution is -0.116. The van der Waals surface area contributed by atoms with E-state index in [1.807, 2.05) is 12.1 Å². The van der Waals surface area contributed by atoms with Crippen molar-refractivity contribution in [3.05, 3.63) is 47.7 Å². The average Bonchev–Trinajstić information content (AvgIpc) is 2.48. The Bertz CT molecular complexity index is 680. The van der Waals surface area contributed by atoms with Gasteiger partial charge in [-0.25, -0.2) is 4.98 Å². The fourth-order valence-corrected chi connectivity index (χ4v) is 1.81. The molecule has 1 heterocycles. The lowest BCUT2D eigenvalue weighted by Gasteiger charge is -2.10. The SMILES string of the molecule is COc1cc(C)nc(NC(=O)C(C#N)c2ccccc2)n1. The highest BCUT2D eigenvalue weighted by Gasteiger charge is 2.21. The zero-order chi connectivity index (χ0) is 15.2. The summed E-state index contributed by atoms with van der Waals surface area (Å²) in [4.78, 5) is 20.3. The molecule has 1 aromatic carbocycles. The number of nitrogens with one attached hydrogen (secondary N) is 1. The number of rotatable bonds is 4. The Morgan fingerprint density at radius 1 is 1.33 bits per heavy atom. The number of benzene rings is 1. The molecule has 0 aliphatic rings. The summed E-state index contributed by atoms with van der Waals surface area (Å²) < 4.78 is 5.02. The van der Waals surface area contributed by atoms with Gasteiger partial charge >= 0.3 is 0 Å². The zero-order valence-corrected chi connectivity index (χ0v) is 11.7. The molecular weight excluding hydrogens is 268 g/mol. The van der Waals surface area contributed by atoms with Gasteiger partial charge in [-0.05, 0) is 12.5 Å². The molecule has 0 saturated carbocycles. The van der Waals surface area contributed by atoms with E-state index in [0.717, 1.165) is 0 Å². The van der Waals surface area contributed by atoms with Gasteiger partial charge in [0.05, 0.1) is 13.2 Å². The molecule has 106 valence electrons. The standard InChI is InChI=1S/C15H14N4O2/c1-10-8-13(21-2)18-15(17-10)19-14(20)12(9-16)11-6-4-3-5-7-11/h3-8,12H,1-2H3,(H,17,18,19,20). The van der Waals surface area contributed by atoms with Crippen LogP contribution in [0.1, 0.15) is 17.2 Å². The van der Waals surface area contributed by atoms with Crippen LogP contribution in [0.3, 0.4) is 0 Å². The number of hydrogen-bond donors (Lipinski definition) is 1. The summed E-state index contributed by atoms with van der Waals surface area (Å²) in [7, 11) is 1.48. The first kappa shape index (κ1) is 14.5. The Labute approximate surface area is 122 Å². The van der Waals surface area contributed by atoms with Crippen molar-refractivity contribution in [2.24, 2.45) is 0 Å². The number of amides is 1. The zero-order valence-electron chi connectivity index (χ0n) is 11.7. The average molecular weight is 282 g/mol. The molecule has 0 radical (unpaired) electrons. The minimum absolute atomic E-state index is 0.119. The first-order chi connectivity index (χ1) is 10.1. The summed E-state index contributed by atoms with van der Waals surface area (Å²) in [6, 6.07) is 12.5. The monoisotopic (exact) mass is 282 g/mol. The van der Waals surface area contributed by atoms with Gasteiger partial charge in [-0.1, -0.05) is 30.3 Å². The maximum atomic E-state index is 12.2. The number of carbonyl (C=O) groups is 1. The maximum absolute atomic E-state index is 12.2. The van der Waals surface area contributed by atoms with E-state index in [1.165, 1.54) is 7.11 Å². The lowest BCUT2D eigenvalue weighted by Crippen LogP contribution is -2.21. The smallest absolute Gasteiger partial charge is 0.248 e. The Balaban J connectivity index is 2.21. The third-order valence-electron chi connectivity index (χ3n) is 2.80. The minimum atomic E-state index is -0.915. The van der Waals surface area contributed by atoms with Gasteiger partial charge in [0.15, 0.2) is 5.92 Å². The number of hydrogen-bond acceptors (Lipinski definition) is 5. The van der Waals surface area contributed by atoms with Crippen molar-refractivity contribution >= 4 is 11.9 Å². The Kier molecular flexibility index (Phi) is 4.46. The summed E-state index contributed by atoms with van der Waals surface area (Å²) in [6.45, 7) is 1.76. The minimum Gasteiger partial charge on any atom is -0.481 e. The van der Waals surface area contributed by atoms with Crippen LogP contribution in [0.5, 0.6) is 5.88 Å². The van der Waals surface area contributed by atoms with Gasteiger partial charge in [-0.2, -0.15) is 10.2 Å². The number of methoxy groups -OCH3 is 1. The van der Waals surface area contributed by atoms with E-state index in [4.69, 9.17) is 4.74 Å². The van der Waals surface area contributed by atoms with Crippen LogP contribution in [0.4, 0.5) is 5.95 Å². The first-order valence-corrected chi connectivity index (χ1v) is 6.29. The number of aryl methyl sites for hydroxylation is 1. The number of nitrogens with zero attached hydrogens (tertiary/aromatic N) is 3. The second-order valence-corrected chi connectivity index (χ2v) is 4.34. The Morgan fingerprint density at radius 2 is 2.05 bits per heavy atom. The number of nitriles is 1. The van der Waals surface area contributed by atoms with Crippen LogP contribution >= 0.6 is 0 Å². The predicted octanol–water partition coefficient (Wildman–Crippen LogP) is 2.04. The predicted molar refractivity (Wildman–Crippen MR) is 76.7 cm³/mol. The topological polar surface area (TPSA) is 87.9 Å². The highest BCUT2D eigenvalue weighted by molar-refractivity contribution is 5.96. The Morgan fingerprint density at radius 3 is 2.67 bits per heavy atom. The van der Waals surface area contributed by atoms with Gasteiger partial charge in [-0.3, -0.25) is 10.1 Å². The maximum Gasteiger partial charge on any atom is 0.248 e. The van der Waals surface area contributed by atoms with Crippen molar-refractivity contribution in [1.82, 2.24) is 9.97 Å². The van der Waals surface area contributed by atoms with Crippen LogP contribution in [-0.2, 0) is 4.79 Å². The molecule has 21 heavy (non-hydrogen) atoms. The van der Waals surface area contributed by atoms with Crippen molar-refractivity contribution in [1.29, 1.82) is 5.26 Å². The Hall–Kier alpha value is -2.94. The molecule has 6 nitrogen and oxygen atoms in total. The molecule has 0 aliphatic heterocycles. The first-order valence-electron chi connectivity index (χ1n) is 6.29. The van der Waals surface area contributed by atoms with Gasteiger partial charge in [0.25, 0.3) is 0 Å². The second kappa shape index (κ2) is 6.48. The van der Waals surface area contributed by atoms with Crippen LogP contribution in [0.25, 0.3) is 0 Å². The van der Waals surface area contributed by atoms with E-state index in [0.29, 0.717) is 17.1 Å². The molecule has 1 unspecified atom stereocenters. The van der Waals surface area contributed by atoms with Crippen LogP contribution in [0.15, 0.2) is 36.4 Å². The van der Waals surface area contributed by atoms with Crippen LogP contribution < -0.4 is 10.1 Å². The molecule has 6 heteroatoms. The van der Waals surface area contributed by atoms with Crippen molar-refractivity contribution < 1.29 is 9.53 Å².